The Balaban J connectivity index is 2.43. The van der Waals surface area contributed by atoms with Crippen LogP contribution in [-0.4, -0.2) is 15.6 Å². The lowest BCUT2D eigenvalue weighted by Crippen LogP contribution is -2.12. The highest BCUT2D eigenvalue weighted by Gasteiger charge is 2.21. The molecule has 5 heteroatoms. The van der Waals surface area contributed by atoms with Crippen molar-refractivity contribution in [3.05, 3.63) is 40.6 Å². The summed E-state index contributed by atoms with van der Waals surface area (Å²) < 4.78 is 6.77. The van der Waals surface area contributed by atoms with E-state index in [9.17, 15) is 4.79 Å². The molecule has 0 bridgehead atoms. The number of aryl methyl sites for hydroxylation is 2. The van der Waals surface area contributed by atoms with E-state index in [1.807, 2.05) is 6.92 Å². The summed E-state index contributed by atoms with van der Waals surface area (Å²) in [6, 6.07) is 1.65. The van der Waals surface area contributed by atoms with Gasteiger partial charge in [-0.25, -0.2) is 0 Å². The van der Waals surface area contributed by atoms with E-state index in [0.29, 0.717) is 28.6 Å². The van der Waals surface area contributed by atoms with Crippen LogP contribution in [0.5, 0.6) is 0 Å². The molecule has 0 N–H and O–H groups in total. The standard InChI is InChI=1S/C12H13ClN2O2/c1-3-5-15-11(10(13)7-14-15)12(16)9-4-6-17-8(9)2/h4,6-7H,3,5H2,1-2H3. The molecule has 2 aromatic heterocycles. The van der Waals surface area contributed by atoms with Crippen molar-refractivity contribution in [2.75, 3.05) is 0 Å². The van der Waals surface area contributed by atoms with E-state index in [0.717, 1.165) is 6.42 Å². The summed E-state index contributed by atoms with van der Waals surface area (Å²) in [6.07, 6.45) is 3.89. The van der Waals surface area contributed by atoms with Crippen LogP contribution in [0.4, 0.5) is 0 Å². The molecule has 0 aliphatic carbocycles. The van der Waals surface area contributed by atoms with Crippen molar-refractivity contribution in [1.82, 2.24) is 9.78 Å². The number of ketones is 1. The lowest BCUT2D eigenvalue weighted by Gasteiger charge is -2.05. The number of rotatable bonds is 4. The maximum absolute atomic E-state index is 12.3. The zero-order chi connectivity index (χ0) is 12.4. The first kappa shape index (κ1) is 11.9. The third kappa shape index (κ3) is 2.13. The van der Waals surface area contributed by atoms with Crippen molar-refractivity contribution in [2.24, 2.45) is 0 Å². The molecule has 0 unspecified atom stereocenters. The fourth-order valence-electron chi connectivity index (χ4n) is 1.72. The minimum atomic E-state index is -0.146. The van der Waals surface area contributed by atoms with E-state index < -0.39 is 0 Å². The summed E-state index contributed by atoms with van der Waals surface area (Å²) in [5.74, 6) is 0.447. The monoisotopic (exact) mass is 252 g/mol. The number of furan rings is 1. The molecule has 2 heterocycles. The molecule has 0 radical (unpaired) electrons. The van der Waals surface area contributed by atoms with E-state index >= 15 is 0 Å². The van der Waals surface area contributed by atoms with Crippen molar-refractivity contribution in [3.63, 3.8) is 0 Å². The van der Waals surface area contributed by atoms with E-state index in [4.69, 9.17) is 16.0 Å². The molecule has 2 rings (SSSR count). The van der Waals surface area contributed by atoms with Crippen molar-refractivity contribution in [3.8, 4) is 0 Å². The van der Waals surface area contributed by atoms with Gasteiger partial charge in [-0.15, -0.1) is 0 Å². The van der Waals surface area contributed by atoms with Gasteiger partial charge in [0.25, 0.3) is 0 Å². The summed E-state index contributed by atoms with van der Waals surface area (Å²) in [5, 5.41) is 4.48. The second-order valence-corrected chi connectivity index (χ2v) is 4.19. The van der Waals surface area contributed by atoms with Gasteiger partial charge >= 0.3 is 0 Å². The normalized spacial score (nSPS) is 10.8. The van der Waals surface area contributed by atoms with Gasteiger partial charge in [-0.1, -0.05) is 18.5 Å². The molecule has 0 saturated heterocycles. The molecule has 4 nitrogen and oxygen atoms in total. The van der Waals surface area contributed by atoms with E-state index in [2.05, 4.69) is 5.10 Å². The van der Waals surface area contributed by atoms with Crippen LogP contribution in [0.15, 0.2) is 22.9 Å². The molecule has 0 aliphatic rings. The molecule has 2 aromatic rings. The van der Waals surface area contributed by atoms with Crippen molar-refractivity contribution in [2.45, 2.75) is 26.8 Å². The van der Waals surface area contributed by atoms with Crippen molar-refractivity contribution >= 4 is 17.4 Å². The van der Waals surface area contributed by atoms with Crippen LogP contribution in [0.1, 0.15) is 35.2 Å². The minimum Gasteiger partial charge on any atom is -0.469 e. The highest BCUT2D eigenvalue weighted by molar-refractivity contribution is 6.34. The van der Waals surface area contributed by atoms with Gasteiger partial charge in [0.15, 0.2) is 0 Å². The zero-order valence-corrected chi connectivity index (χ0v) is 10.5. The SMILES string of the molecule is CCCn1ncc(Cl)c1C(=O)c1ccoc1C. The number of hydrogen-bond donors (Lipinski definition) is 0. The predicted molar refractivity (Wildman–Crippen MR) is 64.4 cm³/mol. The largest absolute Gasteiger partial charge is 0.469 e. The van der Waals surface area contributed by atoms with Gasteiger partial charge < -0.3 is 4.42 Å². The maximum Gasteiger partial charge on any atom is 0.216 e. The summed E-state index contributed by atoms with van der Waals surface area (Å²) in [5.41, 5.74) is 0.961. The Kier molecular flexibility index (Phi) is 3.33. The topological polar surface area (TPSA) is 48.0 Å². The van der Waals surface area contributed by atoms with Crippen LogP contribution >= 0.6 is 11.6 Å². The molecular formula is C12H13ClN2O2. The molecular weight excluding hydrogens is 240 g/mol. The number of carbonyl (C=O) groups is 1. The fourth-order valence-corrected chi connectivity index (χ4v) is 1.94. The van der Waals surface area contributed by atoms with Crippen molar-refractivity contribution in [1.29, 1.82) is 0 Å². The van der Waals surface area contributed by atoms with Gasteiger partial charge in [0, 0.05) is 6.54 Å². The second-order valence-electron chi connectivity index (χ2n) is 3.78. The van der Waals surface area contributed by atoms with E-state index in [1.165, 1.54) is 12.5 Å². The van der Waals surface area contributed by atoms with E-state index in [-0.39, 0.29) is 5.78 Å². The molecule has 0 atom stereocenters. The fraction of sp³-hybridized carbons (Fsp3) is 0.333. The Bertz CT molecular complexity index is 542. The Labute approximate surface area is 104 Å². The smallest absolute Gasteiger partial charge is 0.216 e. The third-order valence-corrected chi connectivity index (χ3v) is 2.83. The Morgan fingerprint density at radius 1 is 1.59 bits per heavy atom. The Morgan fingerprint density at radius 2 is 2.35 bits per heavy atom. The first-order chi connectivity index (χ1) is 8.15. The minimum absolute atomic E-state index is 0.146. The lowest BCUT2D eigenvalue weighted by atomic mass is 10.1. The van der Waals surface area contributed by atoms with Crippen LogP contribution in [0.2, 0.25) is 5.02 Å². The Hall–Kier alpha value is -1.55. The average molecular weight is 253 g/mol. The van der Waals surface area contributed by atoms with Crippen LogP contribution in [0.25, 0.3) is 0 Å². The van der Waals surface area contributed by atoms with Gasteiger partial charge in [0.2, 0.25) is 5.78 Å². The van der Waals surface area contributed by atoms with Crippen LogP contribution in [-0.2, 0) is 6.54 Å². The number of aromatic nitrogens is 2. The molecule has 17 heavy (non-hydrogen) atoms. The van der Waals surface area contributed by atoms with Crippen LogP contribution in [0, 0.1) is 6.92 Å². The number of nitrogens with zero attached hydrogens (tertiary/aromatic N) is 2. The summed E-state index contributed by atoms with van der Waals surface area (Å²) >= 11 is 6.01. The van der Waals surface area contributed by atoms with Crippen LogP contribution in [0.3, 0.4) is 0 Å². The van der Waals surface area contributed by atoms with Gasteiger partial charge in [-0.3, -0.25) is 9.48 Å². The highest BCUT2D eigenvalue weighted by Crippen LogP contribution is 2.21. The summed E-state index contributed by atoms with van der Waals surface area (Å²) in [4.78, 5) is 12.3. The third-order valence-electron chi connectivity index (χ3n) is 2.55. The van der Waals surface area contributed by atoms with Crippen molar-refractivity contribution < 1.29 is 9.21 Å². The van der Waals surface area contributed by atoms with Gasteiger partial charge in [-0.2, -0.15) is 5.10 Å². The molecule has 0 saturated carbocycles. The lowest BCUT2D eigenvalue weighted by molar-refractivity contribution is 0.102. The Morgan fingerprint density at radius 3 is 2.94 bits per heavy atom. The van der Waals surface area contributed by atoms with Crippen LogP contribution < -0.4 is 0 Å². The molecule has 0 aliphatic heterocycles. The quantitative estimate of drug-likeness (QED) is 0.786. The van der Waals surface area contributed by atoms with Gasteiger partial charge in [0.05, 0.1) is 23.0 Å². The average Bonchev–Trinajstić information content (AvgIpc) is 2.86. The predicted octanol–water partition coefficient (Wildman–Crippen LogP) is 3.08. The first-order valence-corrected chi connectivity index (χ1v) is 5.83. The number of hydrogen-bond acceptors (Lipinski definition) is 3. The molecule has 0 spiro atoms. The summed E-state index contributed by atoms with van der Waals surface area (Å²) in [6.45, 7) is 4.44. The van der Waals surface area contributed by atoms with Gasteiger partial charge in [0.1, 0.15) is 11.5 Å². The zero-order valence-electron chi connectivity index (χ0n) is 9.74. The molecule has 0 aromatic carbocycles. The van der Waals surface area contributed by atoms with E-state index in [1.54, 1.807) is 17.7 Å². The first-order valence-electron chi connectivity index (χ1n) is 5.45. The molecule has 0 fully saturated rings. The summed E-state index contributed by atoms with van der Waals surface area (Å²) in [7, 11) is 0. The maximum atomic E-state index is 12.3. The van der Waals surface area contributed by atoms with Gasteiger partial charge in [-0.05, 0) is 19.4 Å². The second kappa shape index (κ2) is 4.75. The number of halogens is 1. The molecule has 90 valence electrons. The molecule has 0 amide bonds. The highest BCUT2D eigenvalue weighted by atomic mass is 35.5. The number of carbonyl (C=O) groups excluding carboxylic acids is 1.